The Morgan fingerprint density at radius 1 is 1.42 bits per heavy atom. The van der Waals surface area contributed by atoms with Crippen molar-refractivity contribution in [1.82, 2.24) is 9.55 Å². The Morgan fingerprint density at radius 3 is 2.74 bits per heavy atom. The Labute approximate surface area is 124 Å². The first kappa shape index (κ1) is 13.6. The van der Waals surface area contributed by atoms with Crippen molar-refractivity contribution in [3.63, 3.8) is 0 Å². The maximum atomic E-state index is 12.2. The highest BCUT2D eigenvalue weighted by Gasteiger charge is 2.25. The zero-order valence-electron chi connectivity index (χ0n) is 9.94. The van der Waals surface area contributed by atoms with Crippen LogP contribution >= 0.6 is 22.6 Å². The van der Waals surface area contributed by atoms with Crippen molar-refractivity contribution in [2.75, 3.05) is 0 Å². The molecule has 0 aliphatic carbocycles. The number of hydrogen-bond acceptors (Lipinski definition) is 3. The molecule has 0 spiro atoms. The fraction of sp³-hybridized carbons (Fsp3) is 0.143. The van der Waals surface area contributed by atoms with Gasteiger partial charge in [0.2, 0.25) is 4.11 Å². The summed E-state index contributed by atoms with van der Waals surface area (Å²) in [6.45, 7) is 0. The van der Waals surface area contributed by atoms with Gasteiger partial charge in [-0.1, -0.05) is 36.3 Å². The quantitative estimate of drug-likeness (QED) is 0.361. The van der Waals surface area contributed by atoms with Gasteiger partial charge in [-0.2, -0.15) is 0 Å². The van der Waals surface area contributed by atoms with Crippen LogP contribution in [0.4, 0.5) is 0 Å². The van der Waals surface area contributed by atoms with Gasteiger partial charge in [0.05, 0.1) is 6.33 Å². The molecule has 0 bridgehead atoms. The molecular formula is C14H11IN2O2. The van der Waals surface area contributed by atoms with Crippen molar-refractivity contribution in [3.05, 3.63) is 54.6 Å². The molecule has 0 amide bonds. The van der Waals surface area contributed by atoms with Gasteiger partial charge >= 0.3 is 5.97 Å². The monoisotopic (exact) mass is 366 g/mol. The molecule has 1 aromatic heterocycles. The van der Waals surface area contributed by atoms with Crippen LogP contribution in [0.5, 0.6) is 0 Å². The van der Waals surface area contributed by atoms with Crippen molar-refractivity contribution in [2.45, 2.75) is 10.2 Å². The average Bonchev–Trinajstić information content (AvgIpc) is 2.94. The third-order valence-electron chi connectivity index (χ3n) is 2.51. The normalized spacial score (nSPS) is 13.3. The maximum Gasteiger partial charge on any atom is 0.335 e. The van der Waals surface area contributed by atoms with Crippen molar-refractivity contribution < 1.29 is 9.53 Å². The number of carbonyl (C=O) groups excluding carboxylic acids is 1. The number of hydrogen-bond donors (Lipinski definition) is 0. The van der Waals surface area contributed by atoms with E-state index in [0.29, 0.717) is 0 Å². The molecule has 0 N–H and O–H groups in total. The summed E-state index contributed by atoms with van der Waals surface area (Å²) < 4.78 is 6.31. The summed E-state index contributed by atoms with van der Waals surface area (Å²) in [5.41, 5.74) is 0.825. The van der Waals surface area contributed by atoms with Gasteiger partial charge in [0.15, 0.2) is 6.04 Å². The zero-order chi connectivity index (χ0) is 13.7. The number of halogens is 1. The van der Waals surface area contributed by atoms with E-state index in [1.165, 1.54) is 0 Å². The second-order valence-corrected chi connectivity index (χ2v) is 4.87. The molecular weight excluding hydrogens is 355 g/mol. The van der Waals surface area contributed by atoms with Gasteiger partial charge in [-0.05, 0) is 28.2 Å². The molecule has 2 unspecified atom stereocenters. The molecule has 0 saturated heterocycles. The van der Waals surface area contributed by atoms with Crippen molar-refractivity contribution >= 4 is 28.6 Å². The van der Waals surface area contributed by atoms with Crippen molar-refractivity contribution in [3.8, 4) is 12.3 Å². The lowest BCUT2D eigenvalue weighted by Crippen LogP contribution is -2.24. The molecule has 1 heterocycles. The van der Waals surface area contributed by atoms with Crippen LogP contribution in [0.15, 0.2) is 49.1 Å². The predicted molar refractivity (Wildman–Crippen MR) is 79.5 cm³/mol. The SMILES string of the molecule is C#CC(I)OC(=O)C(c1ccccc1)n1ccnc1. The summed E-state index contributed by atoms with van der Waals surface area (Å²) in [7, 11) is 0. The number of esters is 1. The highest BCUT2D eigenvalue weighted by atomic mass is 127. The van der Waals surface area contributed by atoms with E-state index in [9.17, 15) is 4.79 Å². The van der Waals surface area contributed by atoms with Gasteiger partial charge in [0, 0.05) is 12.4 Å². The van der Waals surface area contributed by atoms with Crippen LogP contribution in [0.3, 0.4) is 0 Å². The maximum absolute atomic E-state index is 12.2. The number of terminal acetylenes is 1. The molecule has 2 rings (SSSR count). The number of ether oxygens (including phenoxy) is 1. The Bertz CT molecular complexity index is 575. The summed E-state index contributed by atoms with van der Waals surface area (Å²) in [5.74, 6) is 1.96. The average molecular weight is 366 g/mol. The Morgan fingerprint density at radius 2 is 2.16 bits per heavy atom. The third-order valence-corrected chi connectivity index (χ3v) is 3.13. The van der Waals surface area contributed by atoms with Crippen molar-refractivity contribution in [1.29, 1.82) is 0 Å². The lowest BCUT2D eigenvalue weighted by molar-refractivity contribution is -0.145. The predicted octanol–water partition coefficient (Wildman–Crippen LogP) is 2.41. The summed E-state index contributed by atoms with van der Waals surface area (Å²) >= 11 is 1.89. The number of imidazole rings is 1. The van der Waals surface area contributed by atoms with Gasteiger partial charge in [-0.3, -0.25) is 0 Å². The molecule has 5 heteroatoms. The third kappa shape index (κ3) is 3.35. The van der Waals surface area contributed by atoms with E-state index in [2.05, 4.69) is 10.9 Å². The van der Waals surface area contributed by atoms with Gasteiger partial charge in [-0.25, -0.2) is 9.78 Å². The highest BCUT2D eigenvalue weighted by Crippen LogP contribution is 2.21. The second-order valence-electron chi connectivity index (χ2n) is 3.74. The highest BCUT2D eigenvalue weighted by molar-refractivity contribution is 14.1. The molecule has 0 aliphatic heterocycles. The topological polar surface area (TPSA) is 44.1 Å². The van der Waals surface area contributed by atoms with E-state index >= 15 is 0 Å². The van der Waals surface area contributed by atoms with Gasteiger partial charge in [-0.15, -0.1) is 6.42 Å². The lowest BCUT2D eigenvalue weighted by Gasteiger charge is -2.18. The number of benzene rings is 1. The van der Waals surface area contributed by atoms with E-state index < -0.39 is 16.1 Å². The first-order valence-electron chi connectivity index (χ1n) is 5.55. The molecule has 4 nitrogen and oxygen atoms in total. The van der Waals surface area contributed by atoms with Gasteiger partial charge in [0.25, 0.3) is 0 Å². The van der Waals surface area contributed by atoms with Crippen LogP contribution in [0.1, 0.15) is 11.6 Å². The largest absolute Gasteiger partial charge is 0.437 e. The van der Waals surface area contributed by atoms with Crippen LogP contribution in [-0.2, 0) is 9.53 Å². The first-order valence-corrected chi connectivity index (χ1v) is 6.80. The minimum Gasteiger partial charge on any atom is -0.437 e. The van der Waals surface area contributed by atoms with E-state index in [-0.39, 0.29) is 0 Å². The summed E-state index contributed by atoms with van der Waals surface area (Å²) in [4.78, 5) is 16.2. The van der Waals surface area contributed by atoms with Gasteiger partial charge in [0.1, 0.15) is 0 Å². The molecule has 0 aliphatic rings. The van der Waals surface area contributed by atoms with E-state index in [1.54, 1.807) is 23.3 Å². The fourth-order valence-electron chi connectivity index (χ4n) is 1.69. The summed E-state index contributed by atoms with van der Waals surface area (Å²) in [6.07, 6.45) is 10.1. The number of rotatable bonds is 4. The molecule has 2 atom stereocenters. The summed E-state index contributed by atoms with van der Waals surface area (Å²) in [5, 5.41) is 0. The Balaban J connectivity index is 2.31. The fourth-order valence-corrected chi connectivity index (χ4v) is 1.94. The number of carbonyl (C=O) groups is 1. The minimum atomic E-state index is -0.583. The standard InChI is InChI=1S/C14H11IN2O2/c1-2-12(15)19-14(18)13(17-9-8-16-10-17)11-6-4-3-5-7-11/h1,3-10,12-13H. The summed E-state index contributed by atoms with van der Waals surface area (Å²) in [6, 6.07) is 8.79. The number of aromatic nitrogens is 2. The van der Waals surface area contributed by atoms with E-state index in [0.717, 1.165) is 5.56 Å². The first-order chi connectivity index (χ1) is 9.22. The number of nitrogens with zero attached hydrogens (tertiary/aromatic N) is 2. The smallest absolute Gasteiger partial charge is 0.335 e. The molecule has 1 aromatic carbocycles. The Kier molecular flexibility index (Phi) is 4.58. The lowest BCUT2D eigenvalue weighted by atomic mass is 10.1. The molecule has 19 heavy (non-hydrogen) atoms. The van der Waals surface area contributed by atoms with Gasteiger partial charge < -0.3 is 9.30 Å². The second kappa shape index (κ2) is 6.38. The van der Waals surface area contributed by atoms with Crippen LogP contribution in [0.25, 0.3) is 0 Å². The van der Waals surface area contributed by atoms with E-state index in [1.807, 2.05) is 52.9 Å². The Hall–Kier alpha value is -1.81. The molecule has 96 valence electrons. The van der Waals surface area contributed by atoms with Crippen LogP contribution in [-0.4, -0.2) is 19.6 Å². The minimum absolute atomic E-state index is 0.401. The van der Waals surface area contributed by atoms with Crippen LogP contribution in [0, 0.1) is 12.3 Å². The molecule has 0 radical (unpaired) electrons. The molecule has 0 saturated carbocycles. The van der Waals surface area contributed by atoms with Crippen LogP contribution in [0.2, 0.25) is 0 Å². The molecule has 2 aromatic rings. The van der Waals surface area contributed by atoms with Crippen molar-refractivity contribution in [2.24, 2.45) is 0 Å². The van der Waals surface area contributed by atoms with E-state index in [4.69, 9.17) is 11.2 Å². The molecule has 0 fully saturated rings. The zero-order valence-corrected chi connectivity index (χ0v) is 12.1. The van der Waals surface area contributed by atoms with Crippen LogP contribution < -0.4 is 0 Å². The number of alkyl halides is 1.